The lowest BCUT2D eigenvalue weighted by atomic mass is 10.1. The van der Waals surface area contributed by atoms with Crippen LogP contribution in [0.1, 0.15) is 23.5 Å². The molecule has 0 saturated heterocycles. The Kier molecular flexibility index (Phi) is 6.86. The van der Waals surface area contributed by atoms with Gasteiger partial charge < -0.3 is 15.7 Å². The summed E-state index contributed by atoms with van der Waals surface area (Å²) in [5.41, 5.74) is 0.827. The minimum atomic E-state index is -0.615. The fourth-order valence-electron chi connectivity index (χ4n) is 1.97. The molecule has 0 aliphatic heterocycles. The van der Waals surface area contributed by atoms with Crippen LogP contribution in [0.2, 0.25) is 0 Å². The number of aliphatic hydroxyl groups is 1. The summed E-state index contributed by atoms with van der Waals surface area (Å²) in [5, 5.41) is 18.7. The molecule has 2 aromatic rings. The van der Waals surface area contributed by atoms with Gasteiger partial charge in [0.25, 0.3) is 0 Å². The minimum Gasteiger partial charge on any atom is -0.386 e. The van der Waals surface area contributed by atoms with Crippen molar-refractivity contribution >= 4 is 17.3 Å². The number of pyridine rings is 1. The highest BCUT2D eigenvalue weighted by atomic mass is 32.1. The van der Waals surface area contributed by atoms with Crippen molar-refractivity contribution in [1.29, 1.82) is 0 Å². The maximum atomic E-state index is 10.1. The third kappa shape index (κ3) is 5.46. The molecule has 0 amide bonds. The molecule has 0 bridgehead atoms. The Morgan fingerprint density at radius 3 is 2.82 bits per heavy atom. The Morgan fingerprint density at radius 1 is 1.32 bits per heavy atom. The summed E-state index contributed by atoms with van der Waals surface area (Å²) in [6, 6.07) is 7.79. The number of hydrogen-bond donors (Lipinski definition) is 3. The van der Waals surface area contributed by atoms with E-state index < -0.39 is 6.10 Å². The molecule has 0 radical (unpaired) electrons. The fourth-order valence-corrected chi connectivity index (χ4v) is 2.68. The molecule has 0 spiro atoms. The molecule has 2 aromatic heterocycles. The van der Waals surface area contributed by atoms with Crippen LogP contribution in [-0.2, 0) is 6.42 Å². The molecule has 0 fully saturated rings. The molecule has 5 nitrogen and oxygen atoms in total. The van der Waals surface area contributed by atoms with Crippen molar-refractivity contribution in [3.05, 3.63) is 52.5 Å². The Labute approximate surface area is 135 Å². The van der Waals surface area contributed by atoms with Crippen LogP contribution in [-0.4, -0.2) is 35.7 Å². The first kappa shape index (κ1) is 16.5. The summed E-state index contributed by atoms with van der Waals surface area (Å²) in [4.78, 5) is 9.73. The quantitative estimate of drug-likeness (QED) is 0.539. The predicted octanol–water partition coefficient (Wildman–Crippen LogP) is 1.97. The number of thiophene rings is 1. The molecule has 0 aromatic carbocycles. The first-order valence-electron chi connectivity index (χ1n) is 7.42. The second-order valence-electron chi connectivity index (χ2n) is 4.77. The summed E-state index contributed by atoms with van der Waals surface area (Å²) in [6.45, 7) is 3.95. The van der Waals surface area contributed by atoms with E-state index in [1.807, 2.05) is 6.92 Å². The van der Waals surface area contributed by atoms with E-state index in [1.54, 1.807) is 35.9 Å². The molecule has 22 heavy (non-hydrogen) atoms. The number of nitrogens with one attached hydrogen (secondary N) is 2. The van der Waals surface area contributed by atoms with E-state index in [1.165, 1.54) is 4.88 Å². The van der Waals surface area contributed by atoms with Crippen molar-refractivity contribution < 1.29 is 5.11 Å². The van der Waals surface area contributed by atoms with Gasteiger partial charge in [-0.2, -0.15) is 0 Å². The Hall–Kier alpha value is -1.92. The van der Waals surface area contributed by atoms with Crippen LogP contribution < -0.4 is 10.6 Å². The van der Waals surface area contributed by atoms with Crippen molar-refractivity contribution in [2.45, 2.75) is 19.4 Å². The van der Waals surface area contributed by atoms with Crippen LogP contribution in [0.25, 0.3) is 0 Å². The van der Waals surface area contributed by atoms with Crippen LogP contribution in [0.3, 0.4) is 0 Å². The highest BCUT2D eigenvalue weighted by molar-refractivity contribution is 7.09. The average molecular weight is 318 g/mol. The molecule has 1 atom stereocenters. The predicted molar refractivity (Wildman–Crippen MR) is 91.2 cm³/mol. The zero-order chi connectivity index (χ0) is 15.6. The zero-order valence-corrected chi connectivity index (χ0v) is 13.5. The topological polar surface area (TPSA) is 69.5 Å². The highest BCUT2D eigenvalue weighted by Crippen LogP contribution is 2.11. The van der Waals surface area contributed by atoms with Crippen molar-refractivity contribution in [2.75, 3.05) is 19.6 Å². The third-order valence-electron chi connectivity index (χ3n) is 3.10. The smallest absolute Gasteiger partial charge is 0.191 e. The fraction of sp³-hybridized carbons (Fsp3) is 0.375. The SMILES string of the molecule is CCNC(=NCC(O)c1ccncc1)NCCc1cccs1. The standard InChI is InChI=1S/C16H22N4OS/c1-2-18-16(19-10-7-14-4-3-11-22-14)20-12-15(21)13-5-8-17-9-6-13/h3-6,8-9,11,15,21H,2,7,10,12H2,1H3,(H2,18,19,20). The van der Waals surface area contributed by atoms with Crippen molar-refractivity contribution in [1.82, 2.24) is 15.6 Å². The van der Waals surface area contributed by atoms with Crippen LogP contribution in [0.5, 0.6) is 0 Å². The second-order valence-corrected chi connectivity index (χ2v) is 5.80. The van der Waals surface area contributed by atoms with Gasteiger partial charge in [-0.25, -0.2) is 0 Å². The van der Waals surface area contributed by atoms with Gasteiger partial charge in [0.2, 0.25) is 0 Å². The van der Waals surface area contributed by atoms with E-state index in [2.05, 4.69) is 38.1 Å². The number of nitrogens with zero attached hydrogens (tertiary/aromatic N) is 2. The highest BCUT2D eigenvalue weighted by Gasteiger charge is 2.06. The zero-order valence-electron chi connectivity index (χ0n) is 12.7. The lowest BCUT2D eigenvalue weighted by Crippen LogP contribution is -2.38. The van der Waals surface area contributed by atoms with Gasteiger partial charge >= 0.3 is 0 Å². The molecule has 6 heteroatoms. The van der Waals surface area contributed by atoms with E-state index in [-0.39, 0.29) is 0 Å². The molecule has 2 rings (SSSR count). The van der Waals surface area contributed by atoms with Gasteiger partial charge in [0, 0.05) is 30.4 Å². The number of aromatic nitrogens is 1. The van der Waals surface area contributed by atoms with E-state index in [4.69, 9.17) is 0 Å². The average Bonchev–Trinajstić information content (AvgIpc) is 3.06. The molecule has 2 heterocycles. The summed E-state index contributed by atoms with van der Waals surface area (Å²) < 4.78 is 0. The Bertz CT molecular complexity index is 557. The van der Waals surface area contributed by atoms with Gasteiger partial charge in [-0.1, -0.05) is 6.07 Å². The van der Waals surface area contributed by atoms with Crippen LogP contribution in [0, 0.1) is 0 Å². The van der Waals surface area contributed by atoms with Crippen LogP contribution in [0.15, 0.2) is 47.0 Å². The van der Waals surface area contributed by atoms with E-state index in [0.29, 0.717) is 6.54 Å². The molecule has 0 saturated carbocycles. The van der Waals surface area contributed by atoms with Crippen molar-refractivity contribution in [2.24, 2.45) is 4.99 Å². The molecule has 118 valence electrons. The molecule has 3 N–H and O–H groups in total. The van der Waals surface area contributed by atoms with Crippen LogP contribution >= 0.6 is 11.3 Å². The van der Waals surface area contributed by atoms with Gasteiger partial charge in [-0.15, -0.1) is 11.3 Å². The number of rotatable bonds is 7. The minimum absolute atomic E-state index is 0.318. The van der Waals surface area contributed by atoms with Gasteiger partial charge in [-0.3, -0.25) is 9.98 Å². The molecule has 0 aliphatic rings. The van der Waals surface area contributed by atoms with Crippen molar-refractivity contribution in [3.63, 3.8) is 0 Å². The maximum absolute atomic E-state index is 10.1. The normalized spacial score (nSPS) is 12.9. The molecule has 1 unspecified atom stereocenters. The Balaban J connectivity index is 1.83. The van der Waals surface area contributed by atoms with E-state index in [0.717, 1.165) is 31.0 Å². The van der Waals surface area contributed by atoms with E-state index >= 15 is 0 Å². The summed E-state index contributed by atoms with van der Waals surface area (Å²) >= 11 is 1.76. The van der Waals surface area contributed by atoms with Gasteiger partial charge in [0.05, 0.1) is 12.6 Å². The largest absolute Gasteiger partial charge is 0.386 e. The van der Waals surface area contributed by atoms with Crippen molar-refractivity contribution in [3.8, 4) is 0 Å². The van der Waals surface area contributed by atoms with Gasteiger partial charge in [0.1, 0.15) is 0 Å². The third-order valence-corrected chi connectivity index (χ3v) is 4.04. The summed E-state index contributed by atoms with van der Waals surface area (Å²) in [6.07, 6.45) is 3.70. The lowest BCUT2D eigenvalue weighted by Gasteiger charge is -2.13. The monoisotopic (exact) mass is 318 g/mol. The number of hydrogen-bond acceptors (Lipinski definition) is 4. The van der Waals surface area contributed by atoms with E-state index in [9.17, 15) is 5.11 Å². The molecular weight excluding hydrogens is 296 g/mol. The summed E-state index contributed by atoms with van der Waals surface area (Å²) in [5.74, 6) is 0.729. The number of guanidine groups is 1. The molecule has 0 aliphatic carbocycles. The second kappa shape index (κ2) is 9.17. The number of aliphatic hydroxyl groups excluding tert-OH is 1. The first-order valence-corrected chi connectivity index (χ1v) is 8.30. The van der Waals surface area contributed by atoms with Gasteiger partial charge in [-0.05, 0) is 42.5 Å². The lowest BCUT2D eigenvalue weighted by molar-refractivity contribution is 0.187. The summed E-state index contributed by atoms with van der Waals surface area (Å²) in [7, 11) is 0. The molecular formula is C16H22N4OS. The van der Waals surface area contributed by atoms with Crippen LogP contribution in [0.4, 0.5) is 0 Å². The maximum Gasteiger partial charge on any atom is 0.191 e. The Morgan fingerprint density at radius 2 is 2.14 bits per heavy atom. The first-order chi connectivity index (χ1) is 10.8. The number of aliphatic imine (C=N–C) groups is 1. The van der Waals surface area contributed by atoms with Gasteiger partial charge in [0.15, 0.2) is 5.96 Å².